The van der Waals surface area contributed by atoms with Gasteiger partial charge in [0.1, 0.15) is 0 Å². The molecule has 0 radical (unpaired) electrons. The van der Waals surface area contributed by atoms with Crippen molar-refractivity contribution in [3.05, 3.63) is 0 Å². The van der Waals surface area contributed by atoms with Crippen LogP contribution < -0.4 is 10.3 Å². The second-order valence-electron chi connectivity index (χ2n) is 0.985. The standard InChI is InChI=1S/C3H5N3/c1-4-2-6-3-5-1/h1-2H,3H2,(H,4,5,6)/p+1. The van der Waals surface area contributed by atoms with Crippen LogP contribution in [0.3, 0.4) is 0 Å². The molecule has 0 fully saturated rings. The summed E-state index contributed by atoms with van der Waals surface area (Å²) < 4.78 is 0. The zero-order chi connectivity index (χ0) is 4.24. The fraction of sp³-hybridized carbons (Fsp3) is 0.333. The van der Waals surface area contributed by atoms with E-state index in [4.69, 9.17) is 0 Å². The molecular formula is C3H6N3+. The molecular weight excluding hydrogens is 78.1 g/mol. The summed E-state index contributed by atoms with van der Waals surface area (Å²) in [5, 5.41) is 2.76. The predicted molar refractivity (Wildman–Crippen MR) is 23.5 cm³/mol. The Bertz CT molecular complexity index is 64.0. The Morgan fingerprint density at radius 1 is 1.83 bits per heavy atom. The minimum atomic E-state index is 0.701. The zero-order valence-electron chi connectivity index (χ0n) is 3.31. The molecule has 0 aromatic rings. The molecule has 0 amide bonds. The predicted octanol–water partition coefficient (Wildman–Crippen LogP) is -2.32. The number of nitrogens with one attached hydrogen (secondary N) is 2. The molecule has 1 aliphatic rings. The van der Waals surface area contributed by atoms with Crippen molar-refractivity contribution in [2.45, 2.75) is 0 Å². The van der Waals surface area contributed by atoms with E-state index in [2.05, 4.69) is 15.3 Å². The highest BCUT2D eigenvalue weighted by molar-refractivity contribution is 5.72. The van der Waals surface area contributed by atoms with Crippen molar-refractivity contribution in [1.29, 1.82) is 0 Å². The molecule has 1 aliphatic heterocycles. The third-order valence-corrected chi connectivity index (χ3v) is 0.534. The lowest BCUT2D eigenvalue weighted by Crippen LogP contribution is -2.72. The SMILES string of the molecule is C1=NC[NH+]=CN1. The van der Waals surface area contributed by atoms with Gasteiger partial charge in [0.15, 0.2) is 13.0 Å². The molecule has 1 rings (SSSR count). The summed E-state index contributed by atoms with van der Waals surface area (Å²) in [7, 11) is 0. The van der Waals surface area contributed by atoms with Crippen LogP contribution in [0.15, 0.2) is 4.99 Å². The molecule has 3 heteroatoms. The van der Waals surface area contributed by atoms with Gasteiger partial charge in [-0.25, -0.2) is 10.3 Å². The molecule has 0 spiro atoms. The molecule has 1 heterocycles. The molecule has 6 heavy (non-hydrogen) atoms. The van der Waals surface area contributed by atoms with Gasteiger partial charge in [-0.1, -0.05) is 0 Å². The third-order valence-electron chi connectivity index (χ3n) is 0.534. The normalized spacial score (nSPS) is 17.3. The first-order chi connectivity index (χ1) is 3.00. The summed E-state index contributed by atoms with van der Waals surface area (Å²) in [6.07, 6.45) is 3.39. The summed E-state index contributed by atoms with van der Waals surface area (Å²) in [6.45, 7) is 0.701. The minimum Gasteiger partial charge on any atom is -0.261 e. The highest BCUT2D eigenvalue weighted by Crippen LogP contribution is 1.47. The van der Waals surface area contributed by atoms with Crippen LogP contribution in [0.2, 0.25) is 0 Å². The van der Waals surface area contributed by atoms with E-state index in [1.807, 2.05) is 0 Å². The molecule has 32 valence electrons. The lowest BCUT2D eigenvalue weighted by atomic mass is 10.9. The topological polar surface area (TPSA) is 38.4 Å². The van der Waals surface area contributed by atoms with Gasteiger partial charge in [0.05, 0.1) is 0 Å². The van der Waals surface area contributed by atoms with E-state index in [-0.39, 0.29) is 0 Å². The van der Waals surface area contributed by atoms with E-state index in [0.29, 0.717) is 6.67 Å². The van der Waals surface area contributed by atoms with Gasteiger partial charge in [-0.3, -0.25) is 4.99 Å². The first-order valence-corrected chi connectivity index (χ1v) is 1.79. The molecule has 0 aliphatic carbocycles. The highest BCUT2D eigenvalue weighted by Gasteiger charge is 1.81. The Balaban J connectivity index is 2.40. The van der Waals surface area contributed by atoms with Crippen LogP contribution in [0, 0.1) is 0 Å². The lowest BCUT2D eigenvalue weighted by Gasteiger charge is -1.84. The van der Waals surface area contributed by atoms with Crippen LogP contribution in [0.25, 0.3) is 0 Å². The second-order valence-corrected chi connectivity index (χ2v) is 0.985. The van der Waals surface area contributed by atoms with Crippen molar-refractivity contribution in [1.82, 2.24) is 5.32 Å². The van der Waals surface area contributed by atoms with Crippen LogP contribution >= 0.6 is 0 Å². The van der Waals surface area contributed by atoms with Crippen molar-refractivity contribution in [2.24, 2.45) is 4.99 Å². The molecule has 0 unspecified atom stereocenters. The maximum atomic E-state index is 3.80. The summed E-state index contributed by atoms with van der Waals surface area (Å²) in [6, 6.07) is 0. The quantitative estimate of drug-likeness (QED) is 0.340. The second kappa shape index (κ2) is 1.55. The fourth-order valence-electron chi connectivity index (χ4n) is 0.293. The van der Waals surface area contributed by atoms with Crippen molar-refractivity contribution < 1.29 is 4.99 Å². The first-order valence-electron chi connectivity index (χ1n) is 1.79. The van der Waals surface area contributed by atoms with Gasteiger partial charge in [0, 0.05) is 0 Å². The van der Waals surface area contributed by atoms with E-state index in [1.54, 1.807) is 12.7 Å². The smallest absolute Gasteiger partial charge is 0.237 e. The van der Waals surface area contributed by atoms with Crippen molar-refractivity contribution in [3.8, 4) is 0 Å². The van der Waals surface area contributed by atoms with Gasteiger partial charge >= 0.3 is 0 Å². The lowest BCUT2D eigenvalue weighted by molar-refractivity contribution is -0.452. The first kappa shape index (κ1) is 3.33. The Hall–Kier alpha value is -0.860. The van der Waals surface area contributed by atoms with Crippen LogP contribution in [0.1, 0.15) is 0 Å². The average Bonchev–Trinajstić information content (AvgIpc) is 1.72. The van der Waals surface area contributed by atoms with Gasteiger partial charge in [-0.15, -0.1) is 0 Å². The minimum absolute atomic E-state index is 0.701. The van der Waals surface area contributed by atoms with Gasteiger partial charge in [-0.2, -0.15) is 0 Å². The number of aliphatic imine (C=N–C) groups is 1. The van der Waals surface area contributed by atoms with E-state index in [1.165, 1.54) is 0 Å². The van der Waals surface area contributed by atoms with Crippen LogP contribution in [0.4, 0.5) is 0 Å². The maximum Gasteiger partial charge on any atom is 0.237 e. The van der Waals surface area contributed by atoms with Gasteiger partial charge < -0.3 is 0 Å². The van der Waals surface area contributed by atoms with Gasteiger partial charge in [-0.05, 0) is 0 Å². The summed E-state index contributed by atoms with van der Waals surface area (Å²) in [4.78, 5) is 6.65. The Kier molecular flexibility index (Phi) is 0.859. The zero-order valence-corrected chi connectivity index (χ0v) is 3.31. The Morgan fingerprint density at radius 2 is 2.83 bits per heavy atom. The molecule has 0 atom stereocenters. The van der Waals surface area contributed by atoms with Crippen molar-refractivity contribution in [3.63, 3.8) is 0 Å². The molecule has 0 aromatic heterocycles. The van der Waals surface area contributed by atoms with Crippen LogP contribution in [0.5, 0.6) is 0 Å². The van der Waals surface area contributed by atoms with Crippen molar-refractivity contribution in [2.75, 3.05) is 6.67 Å². The monoisotopic (exact) mass is 84.1 g/mol. The van der Waals surface area contributed by atoms with E-state index >= 15 is 0 Å². The molecule has 3 nitrogen and oxygen atoms in total. The average molecular weight is 84.1 g/mol. The largest absolute Gasteiger partial charge is 0.261 e. The highest BCUT2D eigenvalue weighted by atomic mass is 15.1. The van der Waals surface area contributed by atoms with Gasteiger partial charge in [0.2, 0.25) is 6.34 Å². The maximum absolute atomic E-state index is 3.80. The van der Waals surface area contributed by atoms with Gasteiger partial charge in [0.25, 0.3) is 0 Å². The Labute approximate surface area is 35.8 Å². The molecule has 0 saturated carbocycles. The van der Waals surface area contributed by atoms with E-state index in [9.17, 15) is 0 Å². The molecule has 0 bridgehead atoms. The third kappa shape index (κ3) is 0.544. The number of hydrogen-bond acceptors (Lipinski definition) is 2. The molecule has 0 aromatic carbocycles. The summed E-state index contributed by atoms with van der Waals surface area (Å²) >= 11 is 0. The molecule has 0 saturated heterocycles. The number of rotatable bonds is 0. The van der Waals surface area contributed by atoms with Crippen LogP contribution in [-0.4, -0.2) is 19.3 Å². The summed E-state index contributed by atoms with van der Waals surface area (Å²) in [5.41, 5.74) is 0. The number of nitrogens with zero attached hydrogens (tertiary/aromatic N) is 1. The van der Waals surface area contributed by atoms with Crippen molar-refractivity contribution >= 4 is 12.7 Å². The molecule has 2 N–H and O–H groups in total. The van der Waals surface area contributed by atoms with E-state index in [0.717, 1.165) is 0 Å². The fourth-order valence-corrected chi connectivity index (χ4v) is 0.293. The van der Waals surface area contributed by atoms with Crippen LogP contribution in [-0.2, 0) is 0 Å². The number of hydrogen-bond donors (Lipinski definition) is 2. The van der Waals surface area contributed by atoms with E-state index < -0.39 is 0 Å². The Morgan fingerprint density at radius 3 is 3.00 bits per heavy atom. The summed E-state index contributed by atoms with van der Waals surface area (Å²) in [5.74, 6) is 0.